The maximum atomic E-state index is 8.55. The number of unbranched alkanes of at least 4 members (excludes halogenated alkanes) is 1. The molecule has 4 nitrogen and oxygen atoms in total. The van der Waals surface area contributed by atoms with Crippen molar-refractivity contribution in [2.75, 3.05) is 39.6 Å². The van der Waals surface area contributed by atoms with Gasteiger partial charge in [-0.3, -0.25) is 0 Å². The molecule has 0 aliphatic carbocycles. The topological polar surface area (TPSA) is 47.9 Å². The molecule has 0 aromatic carbocycles. The van der Waals surface area contributed by atoms with Crippen LogP contribution in [-0.2, 0) is 14.2 Å². The molecule has 4 heteroatoms. The second-order valence-electron chi connectivity index (χ2n) is 5.60. The molecule has 0 saturated carbocycles. The summed E-state index contributed by atoms with van der Waals surface area (Å²) in [5, 5.41) is 8.55. The predicted octanol–water partition coefficient (Wildman–Crippen LogP) is 2.88. The summed E-state index contributed by atoms with van der Waals surface area (Å²) in [7, 11) is 0. The molecule has 2 unspecified atom stereocenters. The summed E-state index contributed by atoms with van der Waals surface area (Å²) in [5.74, 6) is 1.22. The van der Waals surface area contributed by atoms with Crippen molar-refractivity contribution in [1.82, 2.24) is 0 Å². The van der Waals surface area contributed by atoms with Crippen LogP contribution < -0.4 is 0 Å². The lowest BCUT2D eigenvalue weighted by Crippen LogP contribution is -2.27. The third kappa shape index (κ3) is 10.6. The number of aliphatic hydroxyl groups is 1. The fraction of sp³-hybridized carbons (Fsp3) is 1.00. The molecule has 0 bridgehead atoms. The average molecular weight is 290 g/mol. The van der Waals surface area contributed by atoms with E-state index >= 15 is 0 Å². The van der Waals surface area contributed by atoms with Gasteiger partial charge in [-0.1, -0.05) is 40.5 Å². The summed E-state index contributed by atoms with van der Waals surface area (Å²) >= 11 is 0. The Morgan fingerprint density at radius 2 is 1.50 bits per heavy atom. The highest BCUT2D eigenvalue weighted by Crippen LogP contribution is 2.21. The third-order valence-corrected chi connectivity index (χ3v) is 3.65. The molecule has 20 heavy (non-hydrogen) atoms. The average Bonchev–Trinajstić information content (AvgIpc) is 2.44. The van der Waals surface area contributed by atoms with Gasteiger partial charge in [-0.25, -0.2) is 0 Å². The van der Waals surface area contributed by atoms with Gasteiger partial charge in [0.1, 0.15) is 0 Å². The second kappa shape index (κ2) is 13.8. The summed E-state index contributed by atoms with van der Waals surface area (Å²) in [6.45, 7) is 11.8. The van der Waals surface area contributed by atoms with Crippen molar-refractivity contribution in [3.05, 3.63) is 0 Å². The number of hydrogen-bond donors (Lipinski definition) is 1. The molecule has 0 spiro atoms. The minimum absolute atomic E-state index is 0.0648. The zero-order chi connectivity index (χ0) is 15.2. The van der Waals surface area contributed by atoms with E-state index in [1.54, 1.807) is 0 Å². The molecule has 0 fully saturated rings. The monoisotopic (exact) mass is 290 g/mol. The van der Waals surface area contributed by atoms with Gasteiger partial charge < -0.3 is 19.3 Å². The van der Waals surface area contributed by atoms with Crippen molar-refractivity contribution >= 4 is 0 Å². The van der Waals surface area contributed by atoms with E-state index in [4.69, 9.17) is 19.3 Å². The Bertz CT molecular complexity index is 197. The highest BCUT2D eigenvalue weighted by molar-refractivity contribution is 4.69. The summed E-state index contributed by atoms with van der Waals surface area (Å²) < 4.78 is 16.6. The molecule has 0 aliphatic heterocycles. The first-order chi connectivity index (χ1) is 9.63. The van der Waals surface area contributed by atoms with Crippen LogP contribution >= 0.6 is 0 Å². The first-order valence-corrected chi connectivity index (χ1v) is 8.01. The first-order valence-electron chi connectivity index (χ1n) is 8.01. The molecule has 0 saturated heterocycles. The fourth-order valence-electron chi connectivity index (χ4n) is 1.98. The zero-order valence-electron chi connectivity index (χ0n) is 13.8. The van der Waals surface area contributed by atoms with Crippen molar-refractivity contribution in [3.8, 4) is 0 Å². The van der Waals surface area contributed by atoms with E-state index in [-0.39, 0.29) is 6.61 Å². The molecule has 0 radical (unpaired) electrons. The Kier molecular flexibility index (Phi) is 13.7. The van der Waals surface area contributed by atoms with Gasteiger partial charge in [0.2, 0.25) is 0 Å². The lowest BCUT2D eigenvalue weighted by molar-refractivity contribution is -0.0405. The van der Waals surface area contributed by atoms with Crippen LogP contribution in [0.2, 0.25) is 0 Å². The summed E-state index contributed by atoms with van der Waals surface area (Å²) in [6, 6.07) is 0. The first kappa shape index (κ1) is 19.8. The SMILES string of the molecule is CCCCC(OCCOCCOCCO)C(C)C(C)C. The number of ether oxygens (including phenoxy) is 3. The van der Waals surface area contributed by atoms with Gasteiger partial charge in [0, 0.05) is 0 Å². The third-order valence-electron chi connectivity index (χ3n) is 3.65. The minimum atomic E-state index is 0.0648. The lowest BCUT2D eigenvalue weighted by Gasteiger charge is -2.27. The molecule has 0 rings (SSSR count). The maximum absolute atomic E-state index is 8.55. The van der Waals surface area contributed by atoms with Gasteiger partial charge in [0.15, 0.2) is 0 Å². The van der Waals surface area contributed by atoms with E-state index in [0.717, 1.165) is 6.42 Å². The summed E-state index contributed by atoms with van der Waals surface area (Å²) in [5.41, 5.74) is 0. The smallest absolute Gasteiger partial charge is 0.0704 e. The number of aliphatic hydroxyl groups excluding tert-OH is 1. The summed E-state index contributed by atoms with van der Waals surface area (Å²) in [4.78, 5) is 0. The highest BCUT2D eigenvalue weighted by atomic mass is 16.5. The largest absolute Gasteiger partial charge is 0.394 e. The van der Waals surface area contributed by atoms with E-state index in [1.807, 2.05) is 0 Å². The Hall–Kier alpha value is -0.160. The van der Waals surface area contributed by atoms with Crippen LogP contribution in [0.1, 0.15) is 47.0 Å². The van der Waals surface area contributed by atoms with Gasteiger partial charge in [-0.15, -0.1) is 0 Å². The molecule has 0 aliphatic rings. The van der Waals surface area contributed by atoms with Crippen LogP contribution in [0.25, 0.3) is 0 Å². The molecule has 0 aromatic heterocycles. The van der Waals surface area contributed by atoms with Gasteiger partial charge in [0.05, 0.1) is 45.7 Å². The van der Waals surface area contributed by atoms with Crippen LogP contribution in [-0.4, -0.2) is 50.9 Å². The lowest BCUT2D eigenvalue weighted by atomic mass is 9.89. The molecule has 0 heterocycles. The molecule has 0 amide bonds. The van der Waals surface area contributed by atoms with E-state index in [2.05, 4.69) is 27.7 Å². The van der Waals surface area contributed by atoms with Crippen molar-refractivity contribution in [1.29, 1.82) is 0 Å². The maximum Gasteiger partial charge on any atom is 0.0704 e. The fourth-order valence-corrected chi connectivity index (χ4v) is 1.98. The Balaban J connectivity index is 3.68. The van der Waals surface area contributed by atoms with Crippen molar-refractivity contribution in [2.45, 2.75) is 53.1 Å². The quantitative estimate of drug-likeness (QED) is 0.500. The van der Waals surface area contributed by atoms with Crippen molar-refractivity contribution in [3.63, 3.8) is 0 Å². The van der Waals surface area contributed by atoms with Crippen molar-refractivity contribution < 1.29 is 19.3 Å². The van der Waals surface area contributed by atoms with Gasteiger partial charge in [-0.2, -0.15) is 0 Å². The second-order valence-corrected chi connectivity index (χ2v) is 5.60. The molecule has 0 aromatic rings. The van der Waals surface area contributed by atoms with Crippen LogP contribution in [0, 0.1) is 11.8 Å². The molecule has 1 N–H and O–H groups in total. The molecular formula is C16H34O4. The van der Waals surface area contributed by atoms with E-state index < -0.39 is 0 Å². The normalized spacial score (nSPS) is 14.7. The summed E-state index contributed by atoms with van der Waals surface area (Å²) in [6.07, 6.45) is 3.90. The van der Waals surface area contributed by atoms with Gasteiger partial charge in [-0.05, 0) is 18.3 Å². The zero-order valence-corrected chi connectivity index (χ0v) is 13.8. The standard InChI is InChI=1S/C16H34O4/c1-5-6-7-16(15(4)14(2)3)20-13-12-19-11-10-18-9-8-17/h14-17H,5-13H2,1-4H3. The highest BCUT2D eigenvalue weighted by Gasteiger charge is 2.20. The van der Waals surface area contributed by atoms with E-state index in [0.29, 0.717) is 51.0 Å². The minimum Gasteiger partial charge on any atom is -0.394 e. The van der Waals surface area contributed by atoms with E-state index in [9.17, 15) is 0 Å². The molecular weight excluding hydrogens is 256 g/mol. The Morgan fingerprint density at radius 3 is 2.05 bits per heavy atom. The van der Waals surface area contributed by atoms with Gasteiger partial charge >= 0.3 is 0 Å². The van der Waals surface area contributed by atoms with Crippen molar-refractivity contribution in [2.24, 2.45) is 11.8 Å². The number of hydrogen-bond acceptors (Lipinski definition) is 4. The Labute approximate surface area is 124 Å². The number of rotatable bonds is 14. The Morgan fingerprint density at radius 1 is 0.900 bits per heavy atom. The van der Waals surface area contributed by atoms with Crippen LogP contribution in [0.4, 0.5) is 0 Å². The molecule has 2 atom stereocenters. The van der Waals surface area contributed by atoms with E-state index in [1.165, 1.54) is 12.8 Å². The van der Waals surface area contributed by atoms with Crippen LogP contribution in [0.5, 0.6) is 0 Å². The van der Waals surface area contributed by atoms with Gasteiger partial charge in [0.25, 0.3) is 0 Å². The van der Waals surface area contributed by atoms with Crippen LogP contribution in [0.3, 0.4) is 0 Å². The molecule has 122 valence electrons. The van der Waals surface area contributed by atoms with Crippen LogP contribution in [0.15, 0.2) is 0 Å². The predicted molar refractivity (Wildman–Crippen MR) is 82.0 cm³/mol.